The van der Waals surface area contributed by atoms with Crippen molar-refractivity contribution in [1.29, 1.82) is 0 Å². The Bertz CT molecular complexity index is 555. The third-order valence-corrected chi connectivity index (χ3v) is 3.24. The standard InChI is InChI=1S/C13H14N2O5/c14-6-4-7(12(17)18)10(8(5-6)13(19)20)11(16)9-2-1-3-15-9/h4-5,9,15H,1-3,14H2,(H,17,18)(H,19,20)/t9-/m1/s1. The molecule has 1 aliphatic rings. The Labute approximate surface area is 114 Å². The van der Waals surface area contributed by atoms with Gasteiger partial charge < -0.3 is 21.3 Å². The van der Waals surface area contributed by atoms with Crippen molar-refractivity contribution in [1.82, 2.24) is 5.32 Å². The summed E-state index contributed by atoms with van der Waals surface area (Å²) in [4.78, 5) is 34.9. The Hall–Kier alpha value is -2.41. The van der Waals surface area contributed by atoms with Crippen LogP contribution in [-0.2, 0) is 0 Å². The minimum absolute atomic E-state index is 0.00395. The molecule has 1 aromatic rings. The molecule has 1 saturated heterocycles. The highest BCUT2D eigenvalue weighted by atomic mass is 16.4. The summed E-state index contributed by atoms with van der Waals surface area (Å²) >= 11 is 0. The summed E-state index contributed by atoms with van der Waals surface area (Å²) in [7, 11) is 0. The van der Waals surface area contributed by atoms with Crippen LogP contribution in [0.25, 0.3) is 0 Å². The molecule has 0 aliphatic carbocycles. The lowest BCUT2D eigenvalue weighted by Gasteiger charge is -2.14. The molecule has 1 heterocycles. The maximum absolute atomic E-state index is 12.4. The fraction of sp³-hybridized carbons (Fsp3) is 0.308. The molecule has 106 valence electrons. The molecule has 1 aromatic carbocycles. The highest BCUT2D eigenvalue weighted by Gasteiger charge is 2.31. The molecule has 0 saturated carbocycles. The van der Waals surface area contributed by atoms with Crippen molar-refractivity contribution in [3.8, 4) is 0 Å². The highest BCUT2D eigenvalue weighted by molar-refractivity contribution is 6.14. The first-order chi connectivity index (χ1) is 9.41. The molecule has 1 fully saturated rings. The van der Waals surface area contributed by atoms with Crippen LogP contribution in [0.15, 0.2) is 12.1 Å². The van der Waals surface area contributed by atoms with Crippen LogP contribution in [0.1, 0.15) is 43.9 Å². The summed E-state index contributed by atoms with van der Waals surface area (Å²) in [6.45, 7) is 0.649. The Morgan fingerprint density at radius 2 is 1.70 bits per heavy atom. The Balaban J connectivity index is 2.61. The van der Waals surface area contributed by atoms with E-state index >= 15 is 0 Å². The number of benzene rings is 1. The lowest BCUT2D eigenvalue weighted by molar-refractivity contribution is 0.0686. The van der Waals surface area contributed by atoms with Gasteiger partial charge in [0.1, 0.15) is 0 Å². The zero-order chi connectivity index (χ0) is 14.9. The number of hydrogen-bond donors (Lipinski definition) is 4. The Morgan fingerprint density at radius 3 is 2.10 bits per heavy atom. The molecule has 0 unspecified atom stereocenters. The normalized spacial score (nSPS) is 17.9. The maximum atomic E-state index is 12.4. The van der Waals surface area contributed by atoms with Crippen LogP contribution in [0.4, 0.5) is 5.69 Å². The SMILES string of the molecule is Nc1cc(C(=O)O)c(C(=O)[C@H]2CCCN2)c(C(=O)O)c1. The number of carboxylic acid groups (broad SMARTS) is 2. The lowest BCUT2D eigenvalue weighted by atomic mass is 9.92. The number of rotatable bonds is 4. The average Bonchev–Trinajstić information content (AvgIpc) is 2.90. The third kappa shape index (κ3) is 2.48. The van der Waals surface area contributed by atoms with Gasteiger partial charge in [-0.15, -0.1) is 0 Å². The van der Waals surface area contributed by atoms with Gasteiger partial charge in [-0.25, -0.2) is 9.59 Å². The fourth-order valence-electron chi connectivity index (χ4n) is 2.35. The molecule has 0 aromatic heterocycles. The van der Waals surface area contributed by atoms with Crippen molar-refractivity contribution in [2.75, 3.05) is 12.3 Å². The van der Waals surface area contributed by atoms with Crippen molar-refractivity contribution >= 4 is 23.4 Å². The highest BCUT2D eigenvalue weighted by Crippen LogP contribution is 2.23. The van der Waals surface area contributed by atoms with Gasteiger partial charge in [0.25, 0.3) is 0 Å². The molecule has 0 amide bonds. The Morgan fingerprint density at radius 1 is 1.15 bits per heavy atom. The van der Waals surface area contributed by atoms with E-state index in [4.69, 9.17) is 15.9 Å². The first-order valence-electron chi connectivity index (χ1n) is 6.09. The van der Waals surface area contributed by atoms with Crippen LogP contribution < -0.4 is 11.1 Å². The maximum Gasteiger partial charge on any atom is 0.336 e. The van der Waals surface area contributed by atoms with Crippen LogP contribution >= 0.6 is 0 Å². The number of nitrogens with one attached hydrogen (secondary N) is 1. The zero-order valence-corrected chi connectivity index (χ0v) is 10.5. The number of anilines is 1. The van der Waals surface area contributed by atoms with Crippen LogP contribution in [0.2, 0.25) is 0 Å². The van der Waals surface area contributed by atoms with Crippen LogP contribution in [0.5, 0.6) is 0 Å². The van der Waals surface area contributed by atoms with Gasteiger partial charge in [-0.3, -0.25) is 4.79 Å². The second-order valence-corrected chi connectivity index (χ2v) is 4.61. The van der Waals surface area contributed by atoms with Crippen LogP contribution in [0.3, 0.4) is 0 Å². The van der Waals surface area contributed by atoms with Gasteiger partial charge in [0.2, 0.25) is 0 Å². The summed E-state index contributed by atoms with van der Waals surface area (Å²) in [5.41, 5.74) is 4.46. The molecule has 5 N–H and O–H groups in total. The van der Waals surface area contributed by atoms with E-state index < -0.39 is 23.8 Å². The minimum atomic E-state index is -1.37. The lowest BCUT2D eigenvalue weighted by Crippen LogP contribution is -2.33. The van der Waals surface area contributed by atoms with Crippen molar-refractivity contribution in [2.24, 2.45) is 0 Å². The number of carbonyl (C=O) groups is 3. The molecular weight excluding hydrogens is 264 g/mol. The molecule has 7 heteroatoms. The predicted molar refractivity (Wildman–Crippen MR) is 70.1 cm³/mol. The summed E-state index contributed by atoms with van der Waals surface area (Å²) in [6, 6.07) is 1.67. The monoisotopic (exact) mass is 278 g/mol. The fourth-order valence-corrected chi connectivity index (χ4v) is 2.35. The van der Waals surface area contributed by atoms with Gasteiger partial charge in [0.15, 0.2) is 5.78 Å². The number of hydrogen-bond acceptors (Lipinski definition) is 5. The first-order valence-corrected chi connectivity index (χ1v) is 6.09. The molecule has 0 bridgehead atoms. The molecule has 20 heavy (non-hydrogen) atoms. The topological polar surface area (TPSA) is 130 Å². The van der Waals surface area contributed by atoms with Crippen molar-refractivity contribution in [3.63, 3.8) is 0 Å². The van der Waals surface area contributed by atoms with Crippen molar-refractivity contribution in [3.05, 3.63) is 28.8 Å². The van der Waals surface area contributed by atoms with Crippen LogP contribution in [0, 0.1) is 0 Å². The van der Waals surface area contributed by atoms with E-state index in [9.17, 15) is 14.4 Å². The van der Waals surface area contributed by atoms with E-state index in [1.54, 1.807) is 0 Å². The molecule has 0 spiro atoms. The van der Waals surface area contributed by atoms with Gasteiger partial charge in [0.05, 0.1) is 17.2 Å². The summed E-state index contributed by atoms with van der Waals surface area (Å²) in [5.74, 6) is -3.26. The van der Waals surface area contributed by atoms with Gasteiger partial charge in [0, 0.05) is 11.3 Å². The molecule has 1 atom stereocenters. The van der Waals surface area contributed by atoms with Gasteiger partial charge >= 0.3 is 11.9 Å². The number of ketones is 1. The van der Waals surface area contributed by atoms with Crippen molar-refractivity contribution in [2.45, 2.75) is 18.9 Å². The van der Waals surface area contributed by atoms with E-state index in [0.29, 0.717) is 13.0 Å². The smallest absolute Gasteiger partial charge is 0.336 e. The van der Waals surface area contributed by atoms with Gasteiger partial charge in [-0.05, 0) is 31.5 Å². The Kier molecular flexibility index (Phi) is 3.71. The third-order valence-electron chi connectivity index (χ3n) is 3.24. The molecular formula is C13H14N2O5. The number of carbonyl (C=O) groups excluding carboxylic acids is 1. The van der Waals surface area contributed by atoms with E-state index in [0.717, 1.165) is 18.6 Å². The molecule has 2 rings (SSSR count). The van der Waals surface area contributed by atoms with E-state index in [2.05, 4.69) is 5.32 Å². The summed E-state index contributed by atoms with van der Waals surface area (Å²) < 4.78 is 0. The minimum Gasteiger partial charge on any atom is -0.478 e. The van der Waals surface area contributed by atoms with E-state index in [1.165, 1.54) is 0 Å². The number of carboxylic acids is 2. The average molecular weight is 278 g/mol. The largest absolute Gasteiger partial charge is 0.478 e. The van der Waals surface area contributed by atoms with E-state index in [1.807, 2.05) is 0 Å². The van der Waals surface area contributed by atoms with Crippen molar-refractivity contribution < 1.29 is 24.6 Å². The molecule has 7 nitrogen and oxygen atoms in total. The second kappa shape index (κ2) is 5.30. The van der Waals surface area contributed by atoms with Gasteiger partial charge in [-0.1, -0.05) is 0 Å². The van der Waals surface area contributed by atoms with Gasteiger partial charge in [-0.2, -0.15) is 0 Å². The number of Topliss-reactive ketones (excluding diaryl/α,β-unsaturated/α-hetero) is 1. The van der Waals surface area contributed by atoms with Crippen LogP contribution in [-0.4, -0.2) is 40.5 Å². The zero-order valence-electron chi connectivity index (χ0n) is 10.5. The number of nitrogens with two attached hydrogens (primary N) is 1. The number of nitrogen functional groups attached to an aromatic ring is 1. The quantitative estimate of drug-likeness (QED) is 0.468. The molecule has 0 radical (unpaired) electrons. The first kappa shape index (κ1) is 14.0. The van der Waals surface area contributed by atoms with E-state index in [-0.39, 0.29) is 22.4 Å². The second-order valence-electron chi connectivity index (χ2n) is 4.61. The molecule has 1 aliphatic heterocycles. The number of aromatic carboxylic acids is 2. The predicted octanol–water partition coefficient (Wildman–Crippen LogP) is 0.600. The summed E-state index contributed by atoms with van der Waals surface area (Å²) in [5, 5.41) is 21.3. The summed E-state index contributed by atoms with van der Waals surface area (Å²) in [6.07, 6.45) is 1.34.